The number of piperazine rings is 1. The third kappa shape index (κ3) is 5.84. The van der Waals surface area contributed by atoms with E-state index in [-0.39, 0.29) is 10.9 Å². The Morgan fingerprint density at radius 1 is 0.970 bits per heavy atom. The molecule has 9 heteroatoms. The number of ether oxygens (including phenoxy) is 1. The largest absolute Gasteiger partial charge is 0.497 e. The fraction of sp³-hybridized carbons (Fsp3) is 0.542. The van der Waals surface area contributed by atoms with Gasteiger partial charge in [-0.2, -0.15) is 4.31 Å². The maximum atomic E-state index is 12.9. The van der Waals surface area contributed by atoms with E-state index in [1.165, 1.54) is 31.0 Å². The van der Waals surface area contributed by atoms with Crippen LogP contribution in [-0.2, 0) is 10.0 Å². The van der Waals surface area contributed by atoms with Gasteiger partial charge in [-0.1, -0.05) is 18.6 Å². The van der Waals surface area contributed by atoms with Crippen LogP contribution in [0, 0.1) is 0 Å². The topological polar surface area (TPSA) is 78.0 Å². The van der Waals surface area contributed by atoms with Crippen molar-refractivity contribution in [1.82, 2.24) is 19.1 Å². The number of hydrogen-bond acceptors (Lipinski definition) is 7. The quantitative estimate of drug-likeness (QED) is 0.632. The van der Waals surface area contributed by atoms with Crippen molar-refractivity contribution >= 4 is 15.8 Å². The molecule has 33 heavy (non-hydrogen) atoms. The summed E-state index contributed by atoms with van der Waals surface area (Å²) in [6, 6.07) is 11.9. The molecule has 3 heterocycles. The number of nitrogens with zero attached hydrogens (tertiary/aromatic N) is 4. The van der Waals surface area contributed by atoms with Gasteiger partial charge in [-0.05, 0) is 62.8 Å². The molecule has 1 aromatic heterocycles. The van der Waals surface area contributed by atoms with Gasteiger partial charge in [-0.3, -0.25) is 4.90 Å². The smallest absolute Gasteiger partial charge is 0.244 e. The Hall–Kier alpha value is -2.20. The SMILES string of the molecule is COc1ccc(C(CNc2ccc(S(=O)(=O)N3CCN(C)CC3)cn2)N2CCCCC2)cc1. The fourth-order valence-corrected chi connectivity index (χ4v) is 5.90. The first-order valence-electron chi connectivity index (χ1n) is 11.7. The van der Waals surface area contributed by atoms with Gasteiger partial charge in [0.25, 0.3) is 0 Å². The second kappa shape index (κ2) is 10.8. The minimum Gasteiger partial charge on any atom is -0.497 e. The van der Waals surface area contributed by atoms with Crippen LogP contribution in [0.1, 0.15) is 30.9 Å². The molecule has 0 radical (unpaired) electrons. The summed E-state index contributed by atoms with van der Waals surface area (Å²) < 4.78 is 32.8. The predicted octanol–water partition coefficient (Wildman–Crippen LogP) is 2.67. The van der Waals surface area contributed by atoms with Crippen LogP contribution in [0.2, 0.25) is 0 Å². The summed E-state index contributed by atoms with van der Waals surface area (Å²) in [5.74, 6) is 1.53. The monoisotopic (exact) mass is 473 g/mol. The summed E-state index contributed by atoms with van der Waals surface area (Å²) >= 11 is 0. The molecule has 2 saturated heterocycles. The lowest BCUT2D eigenvalue weighted by Gasteiger charge is -2.35. The number of nitrogens with one attached hydrogen (secondary N) is 1. The van der Waals surface area contributed by atoms with Crippen molar-refractivity contribution in [2.75, 3.05) is 65.3 Å². The molecule has 0 bridgehead atoms. The molecule has 0 aliphatic carbocycles. The minimum absolute atomic E-state index is 0.215. The molecular weight excluding hydrogens is 438 g/mol. The average molecular weight is 474 g/mol. The summed E-state index contributed by atoms with van der Waals surface area (Å²) in [6.45, 7) is 5.37. The molecule has 8 nitrogen and oxygen atoms in total. The summed E-state index contributed by atoms with van der Waals surface area (Å²) in [7, 11) is 0.184. The number of aromatic nitrogens is 1. The zero-order valence-electron chi connectivity index (χ0n) is 19.6. The summed E-state index contributed by atoms with van der Waals surface area (Å²) in [6.07, 6.45) is 5.18. The molecule has 0 amide bonds. The van der Waals surface area contributed by atoms with Crippen molar-refractivity contribution in [3.63, 3.8) is 0 Å². The highest BCUT2D eigenvalue weighted by Crippen LogP contribution is 2.27. The minimum atomic E-state index is -3.50. The zero-order chi connectivity index (χ0) is 23.3. The van der Waals surface area contributed by atoms with Crippen LogP contribution in [0.25, 0.3) is 0 Å². The van der Waals surface area contributed by atoms with Gasteiger partial charge in [0.1, 0.15) is 16.5 Å². The van der Waals surface area contributed by atoms with Crippen LogP contribution in [0.15, 0.2) is 47.5 Å². The number of benzene rings is 1. The lowest BCUT2D eigenvalue weighted by molar-refractivity contribution is 0.170. The van der Waals surface area contributed by atoms with Crippen molar-refractivity contribution in [1.29, 1.82) is 0 Å². The van der Waals surface area contributed by atoms with Crippen LogP contribution in [-0.4, -0.2) is 87.5 Å². The molecule has 0 saturated carbocycles. The van der Waals surface area contributed by atoms with Gasteiger partial charge in [0.15, 0.2) is 0 Å². The molecule has 1 atom stereocenters. The standard InChI is InChI=1S/C24H35N5O3S/c1-27-14-16-29(17-15-27)33(30,31)22-10-11-24(25-18-22)26-19-23(28-12-4-3-5-13-28)20-6-8-21(32-2)9-7-20/h6-11,18,23H,3-5,12-17,19H2,1-2H3,(H,25,26). The number of likely N-dealkylation sites (tertiary alicyclic amines) is 1. The highest BCUT2D eigenvalue weighted by molar-refractivity contribution is 7.89. The van der Waals surface area contributed by atoms with E-state index in [9.17, 15) is 8.42 Å². The average Bonchev–Trinajstić information content (AvgIpc) is 2.86. The normalized spacial score (nSPS) is 19.8. The third-order valence-corrected chi connectivity index (χ3v) is 8.53. The summed E-state index contributed by atoms with van der Waals surface area (Å²) in [5, 5.41) is 3.43. The zero-order valence-corrected chi connectivity index (χ0v) is 20.4. The Morgan fingerprint density at radius 3 is 2.27 bits per heavy atom. The number of sulfonamides is 1. The van der Waals surface area contributed by atoms with Crippen LogP contribution >= 0.6 is 0 Å². The van der Waals surface area contributed by atoms with Gasteiger partial charge in [0.05, 0.1) is 13.2 Å². The molecule has 180 valence electrons. The maximum Gasteiger partial charge on any atom is 0.244 e. The molecule has 2 aliphatic rings. The van der Waals surface area contributed by atoms with E-state index in [1.807, 2.05) is 19.2 Å². The van der Waals surface area contributed by atoms with E-state index < -0.39 is 10.0 Å². The fourth-order valence-electron chi connectivity index (χ4n) is 4.53. The van der Waals surface area contributed by atoms with Crippen molar-refractivity contribution in [3.05, 3.63) is 48.2 Å². The molecular formula is C24H35N5O3S. The Bertz CT molecular complexity index is 984. The van der Waals surface area contributed by atoms with E-state index >= 15 is 0 Å². The van der Waals surface area contributed by atoms with Gasteiger partial charge < -0.3 is 15.0 Å². The van der Waals surface area contributed by atoms with Crippen molar-refractivity contribution in [2.24, 2.45) is 0 Å². The number of methoxy groups -OCH3 is 1. The van der Waals surface area contributed by atoms with Crippen LogP contribution in [0.4, 0.5) is 5.82 Å². The van der Waals surface area contributed by atoms with Crippen molar-refractivity contribution in [3.8, 4) is 5.75 Å². The summed E-state index contributed by atoms with van der Waals surface area (Å²) in [4.78, 5) is 9.33. The van der Waals surface area contributed by atoms with E-state index in [2.05, 4.69) is 32.2 Å². The number of anilines is 1. The van der Waals surface area contributed by atoms with Crippen molar-refractivity contribution < 1.29 is 13.2 Å². The lowest BCUT2D eigenvalue weighted by atomic mass is 10.0. The highest BCUT2D eigenvalue weighted by atomic mass is 32.2. The molecule has 1 aromatic carbocycles. The second-order valence-electron chi connectivity index (χ2n) is 8.85. The number of hydrogen-bond donors (Lipinski definition) is 1. The molecule has 2 fully saturated rings. The number of likely N-dealkylation sites (N-methyl/N-ethyl adjacent to an activating group) is 1. The van der Waals surface area contributed by atoms with E-state index in [4.69, 9.17) is 4.74 Å². The Labute approximate surface area is 197 Å². The summed E-state index contributed by atoms with van der Waals surface area (Å²) in [5.41, 5.74) is 1.24. The Morgan fingerprint density at radius 2 is 1.67 bits per heavy atom. The Balaban J connectivity index is 1.44. The van der Waals surface area contributed by atoms with E-state index in [0.717, 1.165) is 31.9 Å². The maximum absolute atomic E-state index is 12.9. The first-order chi connectivity index (χ1) is 16.0. The van der Waals surface area contributed by atoms with Gasteiger partial charge in [-0.25, -0.2) is 13.4 Å². The molecule has 1 unspecified atom stereocenters. The molecule has 0 spiro atoms. The third-order valence-electron chi connectivity index (χ3n) is 6.64. The Kier molecular flexibility index (Phi) is 7.85. The van der Waals surface area contributed by atoms with Gasteiger partial charge >= 0.3 is 0 Å². The lowest BCUT2D eigenvalue weighted by Crippen LogP contribution is -2.47. The van der Waals surface area contributed by atoms with Crippen LogP contribution in [0.5, 0.6) is 5.75 Å². The van der Waals surface area contributed by atoms with Crippen LogP contribution in [0.3, 0.4) is 0 Å². The number of rotatable bonds is 8. The first-order valence-corrected chi connectivity index (χ1v) is 13.2. The molecule has 2 aromatic rings. The predicted molar refractivity (Wildman–Crippen MR) is 130 cm³/mol. The number of pyridine rings is 1. The van der Waals surface area contributed by atoms with Gasteiger partial charge in [0.2, 0.25) is 10.0 Å². The van der Waals surface area contributed by atoms with Gasteiger partial charge in [-0.15, -0.1) is 0 Å². The first kappa shape index (κ1) is 23.9. The second-order valence-corrected chi connectivity index (χ2v) is 10.8. The molecule has 4 rings (SSSR count). The highest BCUT2D eigenvalue weighted by Gasteiger charge is 2.28. The van der Waals surface area contributed by atoms with Gasteiger partial charge in [0, 0.05) is 38.9 Å². The van der Waals surface area contributed by atoms with E-state index in [0.29, 0.717) is 25.5 Å². The van der Waals surface area contributed by atoms with Crippen LogP contribution < -0.4 is 10.1 Å². The number of piperidine rings is 1. The molecule has 1 N–H and O–H groups in total. The van der Waals surface area contributed by atoms with E-state index in [1.54, 1.807) is 23.5 Å². The molecule has 2 aliphatic heterocycles. The van der Waals surface area contributed by atoms with Crippen molar-refractivity contribution in [2.45, 2.75) is 30.2 Å².